The summed E-state index contributed by atoms with van der Waals surface area (Å²) in [7, 11) is -4.53. The summed E-state index contributed by atoms with van der Waals surface area (Å²) in [4.78, 5) is 11.1. The van der Waals surface area contributed by atoms with E-state index in [4.69, 9.17) is 4.42 Å². The van der Waals surface area contributed by atoms with Crippen LogP contribution in [0, 0.1) is 6.92 Å². The van der Waals surface area contributed by atoms with Crippen molar-refractivity contribution in [2.45, 2.75) is 37.1 Å². The molecule has 6 nitrogen and oxygen atoms in total. The van der Waals surface area contributed by atoms with E-state index < -0.39 is 57.3 Å². The first-order valence-corrected chi connectivity index (χ1v) is 13.1. The number of carboxylic acids is 1. The molecule has 0 aliphatic carbocycles. The van der Waals surface area contributed by atoms with Crippen molar-refractivity contribution in [3.63, 3.8) is 0 Å². The van der Waals surface area contributed by atoms with Crippen LogP contribution in [0.1, 0.15) is 38.4 Å². The third-order valence-electron chi connectivity index (χ3n) is 6.32. The molecular formula is C27H21F6NO5S. The summed E-state index contributed by atoms with van der Waals surface area (Å²) in [5, 5.41) is 9.48. The standard InChI is InChI=1S/C27H21F6NO5S/c1-16-21-14-20(9-10-23(21)39-24(16)25(35)36)40(37,38)34(12-11-17-5-3-2-4-6-17)15-18-7-8-19(26(28,29)30)13-22(18)27(31,32)33/h2-10,13-14H,11-12,15H2,1H3,(H,35,36). The van der Waals surface area contributed by atoms with Crippen molar-refractivity contribution in [3.05, 3.63) is 100 Å². The summed E-state index contributed by atoms with van der Waals surface area (Å²) in [6.07, 6.45) is -10.1. The first-order chi connectivity index (χ1) is 18.6. The summed E-state index contributed by atoms with van der Waals surface area (Å²) in [6, 6.07) is 13.1. The maximum Gasteiger partial charge on any atom is 0.416 e. The Bertz CT molecular complexity index is 1660. The lowest BCUT2D eigenvalue weighted by molar-refractivity contribution is -0.143. The van der Waals surface area contributed by atoms with Gasteiger partial charge in [-0.05, 0) is 54.8 Å². The van der Waals surface area contributed by atoms with E-state index in [0.29, 0.717) is 17.7 Å². The quantitative estimate of drug-likeness (QED) is 0.227. The number of carboxylic acid groups (broad SMARTS) is 1. The zero-order chi connectivity index (χ0) is 29.5. The summed E-state index contributed by atoms with van der Waals surface area (Å²) in [6.45, 7) is 0.245. The number of benzene rings is 3. The van der Waals surface area contributed by atoms with Gasteiger partial charge in [-0.1, -0.05) is 36.4 Å². The second-order valence-electron chi connectivity index (χ2n) is 8.96. The van der Waals surface area contributed by atoms with Crippen LogP contribution in [0.25, 0.3) is 11.0 Å². The van der Waals surface area contributed by atoms with Crippen molar-refractivity contribution in [1.29, 1.82) is 0 Å². The highest BCUT2D eigenvalue weighted by Crippen LogP contribution is 2.38. The summed E-state index contributed by atoms with van der Waals surface area (Å²) < 4.78 is 115. The number of sulfonamides is 1. The lowest BCUT2D eigenvalue weighted by Crippen LogP contribution is -2.33. The fraction of sp³-hybridized carbons (Fsp3) is 0.222. The lowest BCUT2D eigenvalue weighted by atomic mass is 10.0. The normalized spacial score (nSPS) is 12.8. The molecule has 212 valence electrons. The number of hydrogen-bond donors (Lipinski definition) is 1. The molecule has 0 saturated carbocycles. The maximum absolute atomic E-state index is 13.8. The first kappa shape index (κ1) is 29.2. The topological polar surface area (TPSA) is 87.8 Å². The lowest BCUT2D eigenvalue weighted by Gasteiger charge is -2.25. The van der Waals surface area contributed by atoms with Gasteiger partial charge >= 0.3 is 18.3 Å². The number of fused-ring (bicyclic) bond motifs is 1. The molecular weight excluding hydrogens is 564 g/mol. The largest absolute Gasteiger partial charge is 0.475 e. The Hall–Kier alpha value is -3.84. The van der Waals surface area contributed by atoms with Gasteiger partial charge in [0, 0.05) is 24.0 Å². The van der Waals surface area contributed by atoms with Crippen LogP contribution in [0.5, 0.6) is 0 Å². The molecule has 1 N–H and O–H groups in total. The highest BCUT2D eigenvalue weighted by Gasteiger charge is 2.39. The van der Waals surface area contributed by atoms with Gasteiger partial charge in [0.2, 0.25) is 15.8 Å². The van der Waals surface area contributed by atoms with Crippen molar-refractivity contribution in [1.82, 2.24) is 4.31 Å². The molecule has 0 spiro atoms. The van der Waals surface area contributed by atoms with Gasteiger partial charge in [-0.15, -0.1) is 0 Å². The number of rotatable bonds is 8. The molecule has 0 saturated heterocycles. The Labute approximate surface area is 224 Å². The fourth-order valence-corrected chi connectivity index (χ4v) is 5.69. The Kier molecular flexibility index (Phi) is 7.74. The Morgan fingerprint density at radius 1 is 0.925 bits per heavy atom. The molecule has 0 unspecified atom stereocenters. The van der Waals surface area contributed by atoms with Crippen molar-refractivity contribution < 1.29 is 49.1 Å². The molecule has 0 amide bonds. The summed E-state index contributed by atoms with van der Waals surface area (Å²) >= 11 is 0. The first-order valence-electron chi connectivity index (χ1n) is 11.7. The van der Waals surface area contributed by atoms with Crippen LogP contribution in [0.15, 0.2) is 76.0 Å². The SMILES string of the molecule is Cc1c(C(=O)O)oc2ccc(S(=O)(=O)N(CCc3ccccc3)Cc3ccc(C(F)(F)F)cc3C(F)(F)F)cc12. The number of aromatic carboxylic acids is 1. The van der Waals surface area contributed by atoms with Gasteiger partial charge in [-0.25, -0.2) is 13.2 Å². The highest BCUT2D eigenvalue weighted by atomic mass is 32.2. The molecule has 1 aromatic heterocycles. The van der Waals surface area contributed by atoms with E-state index in [9.17, 15) is 44.7 Å². The molecule has 0 radical (unpaired) electrons. The van der Waals surface area contributed by atoms with Crippen molar-refractivity contribution in [3.8, 4) is 0 Å². The number of aryl methyl sites for hydroxylation is 1. The third kappa shape index (κ3) is 5.99. The van der Waals surface area contributed by atoms with E-state index in [-0.39, 0.29) is 40.5 Å². The molecule has 0 fully saturated rings. The molecule has 4 rings (SSSR count). The van der Waals surface area contributed by atoms with Gasteiger partial charge in [-0.2, -0.15) is 30.6 Å². The van der Waals surface area contributed by atoms with Gasteiger partial charge < -0.3 is 9.52 Å². The van der Waals surface area contributed by atoms with E-state index in [2.05, 4.69) is 0 Å². The smallest absolute Gasteiger partial charge is 0.416 e. The number of alkyl halides is 6. The van der Waals surface area contributed by atoms with E-state index in [1.807, 2.05) is 0 Å². The van der Waals surface area contributed by atoms with Crippen LogP contribution in [-0.4, -0.2) is 30.3 Å². The van der Waals surface area contributed by atoms with Crippen molar-refractivity contribution >= 4 is 27.0 Å². The summed E-state index contributed by atoms with van der Waals surface area (Å²) in [5.74, 6) is -1.77. The van der Waals surface area contributed by atoms with E-state index >= 15 is 0 Å². The Morgan fingerprint density at radius 3 is 2.20 bits per heavy atom. The second-order valence-corrected chi connectivity index (χ2v) is 10.9. The minimum absolute atomic E-state index is 0.0361. The Morgan fingerprint density at radius 2 is 1.60 bits per heavy atom. The van der Waals surface area contributed by atoms with Crippen LogP contribution >= 0.6 is 0 Å². The van der Waals surface area contributed by atoms with Gasteiger partial charge in [-0.3, -0.25) is 0 Å². The third-order valence-corrected chi connectivity index (χ3v) is 8.16. The number of hydrogen-bond acceptors (Lipinski definition) is 4. The van der Waals surface area contributed by atoms with Gasteiger partial charge in [0.1, 0.15) is 5.58 Å². The minimum atomic E-state index is -5.19. The van der Waals surface area contributed by atoms with E-state index in [1.54, 1.807) is 30.3 Å². The van der Waals surface area contributed by atoms with Crippen LogP contribution in [-0.2, 0) is 35.3 Å². The van der Waals surface area contributed by atoms with Crippen LogP contribution < -0.4 is 0 Å². The number of nitrogens with zero attached hydrogens (tertiary/aromatic N) is 1. The molecule has 0 atom stereocenters. The molecule has 0 bridgehead atoms. The number of carbonyl (C=O) groups is 1. The predicted octanol–water partition coefficient (Wildman–Crippen LogP) is 6.91. The number of furan rings is 1. The number of halogens is 6. The maximum atomic E-state index is 13.8. The van der Waals surface area contributed by atoms with Crippen molar-refractivity contribution in [2.24, 2.45) is 0 Å². The second kappa shape index (κ2) is 10.6. The Balaban J connectivity index is 1.80. The molecule has 40 heavy (non-hydrogen) atoms. The fourth-order valence-electron chi connectivity index (χ4n) is 4.24. The van der Waals surface area contributed by atoms with Gasteiger partial charge in [0.25, 0.3) is 0 Å². The van der Waals surface area contributed by atoms with E-state index in [0.717, 1.165) is 16.4 Å². The molecule has 3 aromatic carbocycles. The van der Waals surface area contributed by atoms with E-state index in [1.165, 1.54) is 13.0 Å². The van der Waals surface area contributed by atoms with Crippen LogP contribution in [0.2, 0.25) is 0 Å². The van der Waals surface area contributed by atoms with Crippen molar-refractivity contribution in [2.75, 3.05) is 6.54 Å². The van der Waals surface area contributed by atoms with Crippen LogP contribution in [0.3, 0.4) is 0 Å². The highest BCUT2D eigenvalue weighted by molar-refractivity contribution is 7.89. The van der Waals surface area contributed by atoms with Gasteiger partial charge in [0.05, 0.1) is 16.0 Å². The molecule has 4 aromatic rings. The molecule has 0 aliphatic heterocycles. The molecule has 1 heterocycles. The van der Waals surface area contributed by atoms with Crippen LogP contribution in [0.4, 0.5) is 26.3 Å². The monoisotopic (exact) mass is 585 g/mol. The predicted molar refractivity (Wildman–Crippen MR) is 132 cm³/mol. The zero-order valence-corrected chi connectivity index (χ0v) is 21.5. The summed E-state index contributed by atoms with van der Waals surface area (Å²) in [5.41, 5.74) is -2.86. The molecule has 13 heteroatoms. The van der Waals surface area contributed by atoms with Gasteiger partial charge in [0.15, 0.2) is 0 Å². The average Bonchev–Trinajstić information content (AvgIpc) is 3.22. The minimum Gasteiger partial charge on any atom is -0.475 e. The average molecular weight is 586 g/mol. The zero-order valence-electron chi connectivity index (χ0n) is 20.7. The molecule has 0 aliphatic rings.